The molecule has 0 saturated carbocycles. The minimum absolute atomic E-state index is 0.0946. The zero-order chi connectivity index (χ0) is 17.8. The number of aryl methyl sites for hydroxylation is 1. The van der Waals surface area contributed by atoms with Gasteiger partial charge in [-0.2, -0.15) is 5.10 Å². The molecule has 0 bridgehead atoms. The van der Waals surface area contributed by atoms with Crippen LogP contribution in [0, 0.1) is 13.8 Å². The van der Waals surface area contributed by atoms with Gasteiger partial charge in [0.05, 0.1) is 5.69 Å². The molecule has 0 aliphatic heterocycles. The van der Waals surface area contributed by atoms with Crippen LogP contribution in [0.2, 0.25) is 5.02 Å². The smallest absolute Gasteiger partial charge is 0.246 e. The topological polar surface area (TPSA) is 56.2 Å². The Morgan fingerprint density at radius 3 is 2.64 bits per heavy atom. The van der Waals surface area contributed by atoms with Gasteiger partial charge in [-0.05, 0) is 44.2 Å². The van der Waals surface area contributed by atoms with E-state index in [0.29, 0.717) is 16.5 Å². The summed E-state index contributed by atoms with van der Waals surface area (Å²) in [5, 5.41) is 7.79. The normalized spacial score (nSPS) is 10.5. The molecule has 1 N–H and O–H groups in total. The number of halogens is 1. The highest BCUT2D eigenvalue weighted by atomic mass is 35.5. The zero-order valence-electron chi connectivity index (χ0n) is 14.0. The van der Waals surface area contributed by atoms with E-state index in [9.17, 15) is 4.79 Å². The van der Waals surface area contributed by atoms with Crippen LogP contribution in [0.25, 0.3) is 0 Å². The summed E-state index contributed by atoms with van der Waals surface area (Å²) in [5.74, 6) is 1.22. The average Bonchev–Trinajstić information content (AvgIpc) is 2.83. The fourth-order valence-electron chi connectivity index (χ4n) is 2.49. The van der Waals surface area contributed by atoms with E-state index in [1.165, 1.54) is 0 Å². The predicted octanol–water partition coefficient (Wildman–Crippen LogP) is 4.58. The molecule has 0 spiro atoms. The number of carbonyl (C=O) groups excluding carboxylic acids is 1. The Morgan fingerprint density at radius 1 is 1.16 bits per heavy atom. The summed E-state index contributed by atoms with van der Waals surface area (Å²) < 4.78 is 7.54. The number of benzene rings is 2. The predicted molar refractivity (Wildman–Crippen MR) is 98.3 cm³/mol. The summed E-state index contributed by atoms with van der Waals surface area (Å²) in [6.45, 7) is 3.83. The molecule has 3 rings (SSSR count). The maximum atomic E-state index is 12.3. The summed E-state index contributed by atoms with van der Waals surface area (Å²) >= 11 is 5.93. The Hall–Kier alpha value is -2.79. The van der Waals surface area contributed by atoms with E-state index >= 15 is 0 Å². The molecule has 0 radical (unpaired) electrons. The number of hydrogen-bond donors (Lipinski definition) is 1. The second-order valence-corrected chi connectivity index (χ2v) is 6.07. The molecule has 0 fully saturated rings. The first-order valence-electron chi connectivity index (χ1n) is 7.85. The van der Waals surface area contributed by atoms with Gasteiger partial charge in [-0.3, -0.25) is 9.48 Å². The summed E-state index contributed by atoms with van der Waals surface area (Å²) in [7, 11) is 0. The van der Waals surface area contributed by atoms with Crippen molar-refractivity contribution in [3.05, 3.63) is 71.0 Å². The van der Waals surface area contributed by atoms with Gasteiger partial charge in [-0.25, -0.2) is 0 Å². The lowest BCUT2D eigenvalue weighted by atomic mass is 10.3. The van der Waals surface area contributed by atoms with Crippen LogP contribution in [-0.2, 0) is 11.3 Å². The monoisotopic (exact) mass is 355 g/mol. The molecule has 0 atom stereocenters. The Labute approximate surface area is 151 Å². The fourth-order valence-corrected chi connectivity index (χ4v) is 2.68. The van der Waals surface area contributed by atoms with Gasteiger partial charge in [0.15, 0.2) is 5.75 Å². The quantitative estimate of drug-likeness (QED) is 0.728. The first kappa shape index (κ1) is 17.0. The molecule has 25 heavy (non-hydrogen) atoms. The third-order valence-corrected chi connectivity index (χ3v) is 3.92. The number of ether oxygens (including phenoxy) is 1. The number of aromatic nitrogens is 2. The van der Waals surface area contributed by atoms with E-state index < -0.39 is 0 Å². The molecule has 128 valence electrons. The van der Waals surface area contributed by atoms with E-state index in [-0.39, 0.29) is 12.5 Å². The lowest BCUT2D eigenvalue weighted by Gasteiger charge is -2.08. The van der Waals surface area contributed by atoms with Crippen molar-refractivity contribution < 1.29 is 9.53 Å². The number of amides is 1. The summed E-state index contributed by atoms with van der Waals surface area (Å²) in [6.07, 6.45) is 0. The second kappa shape index (κ2) is 7.40. The van der Waals surface area contributed by atoms with Crippen molar-refractivity contribution in [2.24, 2.45) is 0 Å². The van der Waals surface area contributed by atoms with Gasteiger partial charge in [0.2, 0.25) is 5.91 Å². The number of nitrogens with one attached hydrogen (secondary N) is 1. The van der Waals surface area contributed by atoms with E-state index in [0.717, 1.165) is 17.1 Å². The number of anilines is 1. The van der Waals surface area contributed by atoms with Gasteiger partial charge in [-0.15, -0.1) is 0 Å². The van der Waals surface area contributed by atoms with Gasteiger partial charge in [0, 0.05) is 10.7 Å². The highest BCUT2D eigenvalue weighted by Gasteiger charge is 2.16. The molecule has 1 heterocycles. The third-order valence-electron chi connectivity index (χ3n) is 3.68. The van der Waals surface area contributed by atoms with Gasteiger partial charge >= 0.3 is 0 Å². The van der Waals surface area contributed by atoms with Crippen molar-refractivity contribution in [3.8, 4) is 11.5 Å². The van der Waals surface area contributed by atoms with E-state index in [1.807, 2.05) is 44.2 Å². The number of carbonyl (C=O) groups is 1. The van der Waals surface area contributed by atoms with Crippen LogP contribution in [0.4, 0.5) is 5.69 Å². The van der Waals surface area contributed by atoms with Gasteiger partial charge in [-0.1, -0.05) is 35.9 Å². The van der Waals surface area contributed by atoms with E-state index in [2.05, 4.69) is 10.4 Å². The van der Waals surface area contributed by atoms with Crippen molar-refractivity contribution in [2.75, 3.05) is 5.32 Å². The molecule has 1 aromatic heterocycles. The minimum Gasteiger partial charge on any atom is -0.453 e. The van der Waals surface area contributed by atoms with Crippen LogP contribution in [-0.4, -0.2) is 15.7 Å². The Morgan fingerprint density at radius 2 is 1.92 bits per heavy atom. The van der Waals surface area contributed by atoms with Crippen LogP contribution in [0.15, 0.2) is 54.6 Å². The summed E-state index contributed by atoms with van der Waals surface area (Å²) in [6, 6.07) is 16.5. The molecule has 0 aliphatic rings. The Kier molecular flexibility index (Phi) is 5.05. The summed E-state index contributed by atoms with van der Waals surface area (Å²) in [5.41, 5.74) is 2.18. The molecular formula is C19H18ClN3O2. The molecule has 5 nitrogen and oxygen atoms in total. The van der Waals surface area contributed by atoms with Crippen LogP contribution in [0.5, 0.6) is 11.5 Å². The molecule has 6 heteroatoms. The van der Waals surface area contributed by atoms with Crippen LogP contribution < -0.4 is 10.1 Å². The highest BCUT2D eigenvalue weighted by Crippen LogP contribution is 2.28. The standard InChI is InChI=1S/C19H18ClN3O2/c1-13-19(25-17-9-4-3-5-10-17)14(2)23(22-13)12-18(24)21-16-8-6-7-15(20)11-16/h3-11H,12H2,1-2H3,(H,21,24). The van der Waals surface area contributed by atoms with Crippen molar-refractivity contribution in [1.82, 2.24) is 9.78 Å². The maximum Gasteiger partial charge on any atom is 0.246 e. The Bertz CT molecular complexity index is 891. The minimum atomic E-state index is -0.181. The number of para-hydroxylation sites is 1. The second-order valence-electron chi connectivity index (χ2n) is 5.63. The number of rotatable bonds is 5. The lowest BCUT2D eigenvalue weighted by molar-refractivity contribution is -0.116. The van der Waals surface area contributed by atoms with Crippen molar-refractivity contribution in [3.63, 3.8) is 0 Å². The van der Waals surface area contributed by atoms with Gasteiger partial charge < -0.3 is 10.1 Å². The SMILES string of the molecule is Cc1nn(CC(=O)Nc2cccc(Cl)c2)c(C)c1Oc1ccccc1. The zero-order valence-corrected chi connectivity index (χ0v) is 14.7. The van der Waals surface area contributed by atoms with Crippen LogP contribution in [0.3, 0.4) is 0 Å². The molecular weight excluding hydrogens is 338 g/mol. The number of hydrogen-bond acceptors (Lipinski definition) is 3. The fraction of sp³-hybridized carbons (Fsp3) is 0.158. The first-order chi connectivity index (χ1) is 12.0. The molecule has 0 aliphatic carbocycles. The molecule has 1 amide bonds. The molecule has 0 saturated heterocycles. The van der Waals surface area contributed by atoms with Gasteiger partial charge in [0.1, 0.15) is 18.0 Å². The summed E-state index contributed by atoms with van der Waals surface area (Å²) in [4.78, 5) is 12.3. The van der Waals surface area contributed by atoms with Crippen LogP contribution >= 0.6 is 11.6 Å². The maximum absolute atomic E-state index is 12.3. The third kappa shape index (κ3) is 4.19. The largest absolute Gasteiger partial charge is 0.453 e. The first-order valence-corrected chi connectivity index (χ1v) is 8.23. The van der Waals surface area contributed by atoms with E-state index in [1.54, 1.807) is 28.9 Å². The number of nitrogens with zero attached hydrogens (tertiary/aromatic N) is 2. The Balaban J connectivity index is 1.73. The van der Waals surface area contributed by atoms with E-state index in [4.69, 9.17) is 16.3 Å². The van der Waals surface area contributed by atoms with Crippen LogP contribution in [0.1, 0.15) is 11.4 Å². The van der Waals surface area contributed by atoms with Crippen molar-refractivity contribution >= 4 is 23.2 Å². The highest BCUT2D eigenvalue weighted by molar-refractivity contribution is 6.30. The van der Waals surface area contributed by atoms with Gasteiger partial charge in [0.25, 0.3) is 0 Å². The van der Waals surface area contributed by atoms with Crippen molar-refractivity contribution in [1.29, 1.82) is 0 Å². The van der Waals surface area contributed by atoms with Crippen molar-refractivity contribution in [2.45, 2.75) is 20.4 Å². The molecule has 0 unspecified atom stereocenters. The average molecular weight is 356 g/mol. The lowest BCUT2D eigenvalue weighted by Crippen LogP contribution is -2.20. The molecule has 2 aromatic carbocycles. The molecule has 3 aromatic rings.